The molecule has 2 heterocycles. The van der Waals surface area contributed by atoms with Crippen molar-refractivity contribution in [3.05, 3.63) is 194 Å². The van der Waals surface area contributed by atoms with Crippen LogP contribution < -0.4 is 4.90 Å². The Morgan fingerprint density at radius 2 is 1.08 bits per heavy atom. The number of anilines is 3. The fraction of sp³-hybridized carbons (Fsp3) is 0. The summed E-state index contributed by atoms with van der Waals surface area (Å²) in [6.45, 7) is 0. The molecular weight excluding hydrogens is 661 g/mol. The maximum Gasteiger partial charge on any atom is 0.0554 e. The molecular formula is C50H32N2S. The van der Waals surface area contributed by atoms with E-state index in [0.717, 1.165) is 17.1 Å². The minimum Gasteiger partial charge on any atom is -0.310 e. The third-order valence-electron chi connectivity index (χ3n) is 10.7. The standard InChI is InChI=1S/C50H32N2S/c1-3-12-33(13-4-1)35-22-23-37-31-39(26-24-36(37)30-35)51(47-20-11-21-48-49(47)43-28-25-34-14-7-8-17-41(34)50(43)53-48)40-27-29-46-44(32-40)42-18-9-10-19-45(42)52(46)38-15-5-2-6-16-38/h1-32H. The molecule has 0 atom stereocenters. The molecule has 11 aromatic rings. The van der Waals surface area contributed by atoms with E-state index in [1.54, 1.807) is 0 Å². The molecule has 9 aromatic carbocycles. The molecule has 0 radical (unpaired) electrons. The molecule has 0 N–H and O–H groups in total. The topological polar surface area (TPSA) is 8.17 Å². The van der Waals surface area contributed by atoms with Crippen LogP contribution in [0, 0.1) is 0 Å². The summed E-state index contributed by atoms with van der Waals surface area (Å²) in [4.78, 5) is 2.47. The maximum atomic E-state index is 2.47. The van der Waals surface area contributed by atoms with Crippen molar-refractivity contribution in [3.8, 4) is 16.8 Å². The summed E-state index contributed by atoms with van der Waals surface area (Å²) in [5.74, 6) is 0. The average molecular weight is 693 g/mol. The van der Waals surface area contributed by atoms with Crippen molar-refractivity contribution >= 4 is 91.9 Å². The SMILES string of the molecule is c1ccc(-c2ccc3cc(N(c4ccc5c(c4)c4ccccc4n5-c4ccccc4)c4cccc5sc6c7ccccc7ccc6c45)ccc3c2)cc1. The minimum absolute atomic E-state index is 1.13. The maximum absolute atomic E-state index is 2.47. The summed E-state index contributed by atoms with van der Waals surface area (Å²) in [7, 11) is 0. The highest BCUT2D eigenvalue weighted by molar-refractivity contribution is 7.26. The van der Waals surface area contributed by atoms with E-state index < -0.39 is 0 Å². The molecule has 0 saturated heterocycles. The normalized spacial score (nSPS) is 11.8. The first-order chi connectivity index (χ1) is 26.3. The number of fused-ring (bicyclic) bond motifs is 9. The zero-order valence-electron chi connectivity index (χ0n) is 28.8. The Hall–Kier alpha value is -6.68. The van der Waals surface area contributed by atoms with E-state index in [2.05, 4.69) is 204 Å². The lowest BCUT2D eigenvalue weighted by molar-refractivity contribution is 1.18. The van der Waals surface area contributed by atoms with Crippen molar-refractivity contribution in [2.45, 2.75) is 0 Å². The van der Waals surface area contributed by atoms with E-state index >= 15 is 0 Å². The second-order valence-electron chi connectivity index (χ2n) is 13.8. The zero-order valence-corrected chi connectivity index (χ0v) is 29.6. The lowest BCUT2D eigenvalue weighted by Gasteiger charge is -2.27. The van der Waals surface area contributed by atoms with Gasteiger partial charge in [-0.25, -0.2) is 0 Å². The fourth-order valence-electron chi connectivity index (χ4n) is 8.29. The van der Waals surface area contributed by atoms with E-state index in [9.17, 15) is 0 Å². The van der Waals surface area contributed by atoms with Gasteiger partial charge in [0.2, 0.25) is 0 Å². The van der Waals surface area contributed by atoms with Crippen LogP contribution in [0.5, 0.6) is 0 Å². The largest absolute Gasteiger partial charge is 0.310 e. The third kappa shape index (κ3) is 4.78. The van der Waals surface area contributed by atoms with Gasteiger partial charge in [-0.05, 0) is 99.4 Å². The highest BCUT2D eigenvalue weighted by Crippen LogP contribution is 2.48. The van der Waals surface area contributed by atoms with E-state index in [4.69, 9.17) is 0 Å². The van der Waals surface area contributed by atoms with E-state index in [-0.39, 0.29) is 0 Å². The summed E-state index contributed by atoms with van der Waals surface area (Å²) in [5.41, 5.74) is 9.44. The number of aromatic nitrogens is 1. The molecule has 0 aliphatic carbocycles. The van der Waals surface area contributed by atoms with Crippen molar-refractivity contribution < 1.29 is 0 Å². The van der Waals surface area contributed by atoms with Gasteiger partial charge in [0.1, 0.15) is 0 Å². The third-order valence-corrected chi connectivity index (χ3v) is 11.9. The van der Waals surface area contributed by atoms with Crippen LogP contribution in [0.15, 0.2) is 194 Å². The van der Waals surface area contributed by atoms with Crippen LogP contribution in [-0.2, 0) is 0 Å². The van der Waals surface area contributed by atoms with Crippen LogP contribution in [0.2, 0.25) is 0 Å². The van der Waals surface area contributed by atoms with Gasteiger partial charge in [-0.15, -0.1) is 11.3 Å². The molecule has 248 valence electrons. The first-order valence-electron chi connectivity index (χ1n) is 18.1. The number of hydrogen-bond donors (Lipinski definition) is 0. The quantitative estimate of drug-likeness (QED) is 0.174. The predicted octanol–water partition coefficient (Wildman–Crippen LogP) is 14.6. The van der Waals surface area contributed by atoms with Crippen LogP contribution in [0.25, 0.3) is 80.3 Å². The highest BCUT2D eigenvalue weighted by Gasteiger charge is 2.21. The Labute approximate surface area is 311 Å². The van der Waals surface area contributed by atoms with Crippen LogP contribution in [0.3, 0.4) is 0 Å². The van der Waals surface area contributed by atoms with Crippen LogP contribution in [0.1, 0.15) is 0 Å². The van der Waals surface area contributed by atoms with Crippen LogP contribution in [-0.4, -0.2) is 4.57 Å². The zero-order chi connectivity index (χ0) is 34.9. The number of rotatable bonds is 5. The lowest BCUT2D eigenvalue weighted by Crippen LogP contribution is -2.10. The molecule has 0 saturated carbocycles. The van der Waals surface area contributed by atoms with Gasteiger partial charge in [0.15, 0.2) is 0 Å². The van der Waals surface area contributed by atoms with Crippen molar-refractivity contribution in [2.24, 2.45) is 0 Å². The molecule has 2 nitrogen and oxygen atoms in total. The molecule has 0 bridgehead atoms. The minimum atomic E-state index is 1.13. The summed E-state index contributed by atoms with van der Waals surface area (Å²) in [6.07, 6.45) is 0. The predicted molar refractivity (Wildman–Crippen MR) is 229 cm³/mol. The first-order valence-corrected chi connectivity index (χ1v) is 18.9. The highest BCUT2D eigenvalue weighted by atomic mass is 32.1. The van der Waals surface area contributed by atoms with Gasteiger partial charge in [-0.2, -0.15) is 0 Å². The summed E-state index contributed by atoms with van der Waals surface area (Å²) in [5, 5.41) is 10.1. The Balaban J connectivity index is 1.17. The molecule has 53 heavy (non-hydrogen) atoms. The monoisotopic (exact) mass is 692 g/mol. The number of benzene rings is 9. The molecule has 0 fully saturated rings. The van der Waals surface area contributed by atoms with Crippen molar-refractivity contribution in [2.75, 3.05) is 4.90 Å². The van der Waals surface area contributed by atoms with Gasteiger partial charge in [-0.3, -0.25) is 0 Å². The van der Waals surface area contributed by atoms with Gasteiger partial charge >= 0.3 is 0 Å². The van der Waals surface area contributed by atoms with E-state index in [1.807, 2.05) is 11.3 Å². The Morgan fingerprint density at radius 1 is 0.396 bits per heavy atom. The smallest absolute Gasteiger partial charge is 0.0554 e. The number of thiophene rings is 1. The molecule has 0 amide bonds. The molecule has 0 spiro atoms. The molecule has 2 aromatic heterocycles. The van der Waals surface area contributed by atoms with Gasteiger partial charge in [-0.1, -0.05) is 127 Å². The van der Waals surface area contributed by atoms with E-state index in [1.165, 1.54) is 80.3 Å². The molecule has 0 aliphatic rings. The number of nitrogens with zero attached hydrogens (tertiary/aromatic N) is 2. The molecule has 3 heteroatoms. The summed E-state index contributed by atoms with van der Waals surface area (Å²) in [6, 6.07) is 71.0. The summed E-state index contributed by atoms with van der Waals surface area (Å²) >= 11 is 1.89. The summed E-state index contributed by atoms with van der Waals surface area (Å²) < 4.78 is 5.00. The Bertz CT molecular complexity index is 3170. The number of hydrogen-bond acceptors (Lipinski definition) is 2. The van der Waals surface area contributed by atoms with E-state index in [0.29, 0.717) is 0 Å². The Morgan fingerprint density at radius 3 is 1.96 bits per heavy atom. The molecule has 0 aliphatic heterocycles. The fourth-order valence-corrected chi connectivity index (χ4v) is 9.55. The average Bonchev–Trinajstić information content (AvgIpc) is 3.78. The van der Waals surface area contributed by atoms with Crippen LogP contribution >= 0.6 is 11.3 Å². The van der Waals surface area contributed by atoms with Gasteiger partial charge in [0, 0.05) is 48.0 Å². The van der Waals surface area contributed by atoms with Gasteiger partial charge in [0.25, 0.3) is 0 Å². The van der Waals surface area contributed by atoms with Crippen molar-refractivity contribution in [1.82, 2.24) is 4.57 Å². The van der Waals surface area contributed by atoms with Gasteiger partial charge < -0.3 is 9.47 Å². The van der Waals surface area contributed by atoms with Crippen molar-refractivity contribution in [1.29, 1.82) is 0 Å². The Kier molecular flexibility index (Phi) is 6.76. The first kappa shape index (κ1) is 30.0. The molecule has 0 unspecified atom stereocenters. The van der Waals surface area contributed by atoms with Crippen molar-refractivity contribution in [3.63, 3.8) is 0 Å². The lowest BCUT2D eigenvalue weighted by atomic mass is 10.00. The van der Waals surface area contributed by atoms with Gasteiger partial charge in [0.05, 0.1) is 16.7 Å². The second kappa shape index (κ2) is 11.9. The number of para-hydroxylation sites is 2. The molecule has 11 rings (SSSR count). The second-order valence-corrected chi connectivity index (χ2v) is 14.8. The van der Waals surface area contributed by atoms with Crippen LogP contribution in [0.4, 0.5) is 17.1 Å².